The van der Waals surface area contributed by atoms with E-state index in [1.807, 2.05) is 0 Å². The lowest BCUT2D eigenvalue weighted by Gasteiger charge is -2.27. The molecular weight excluding hydrogens is 268 g/mol. The van der Waals surface area contributed by atoms with Gasteiger partial charge in [0.05, 0.1) is 19.8 Å². The summed E-state index contributed by atoms with van der Waals surface area (Å²) in [4.78, 5) is 10.00. The van der Waals surface area contributed by atoms with Gasteiger partial charge in [0.25, 0.3) is 0 Å². The Kier molecular flexibility index (Phi) is 9.35. The van der Waals surface area contributed by atoms with Crippen LogP contribution in [0.5, 0.6) is 0 Å². The second-order valence-corrected chi connectivity index (χ2v) is 6.35. The van der Waals surface area contributed by atoms with Crippen LogP contribution < -0.4 is 0 Å². The van der Waals surface area contributed by atoms with E-state index in [2.05, 4.69) is 11.6 Å². The molecule has 2 saturated heterocycles. The van der Waals surface area contributed by atoms with Gasteiger partial charge in [0.1, 0.15) is 0 Å². The zero-order valence-electron chi connectivity index (χ0n) is 13.3. The molecule has 2 rings (SSSR count). The van der Waals surface area contributed by atoms with Crippen LogP contribution in [0.3, 0.4) is 0 Å². The molecule has 0 bridgehead atoms. The molecule has 2 aliphatic rings. The molecule has 0 saturated carbocycles. The van der Waals surface area contributed by atoms with Gasteiger partial charge in [0.15, 0.2) is 0 Å². The Hall–Kier alpha value is -0.160. The molecule has 123 valence electrons. The molecule has 21 heavy (non-hydrogen) atoms. The molecule has 0 spiro atoms. The van der Waals surface area contributed by atoms with Gasteiger partial charge in [-0.2, -0.15) is 0 Å². The molecule has 2 aliphatic heterocycles. The van der Waals surface area contributed by atoms with Gasteiger partial charge in [0.2, 0.25) is 0 Å². The maximum absolute atomic E-state index is 5.70. The number of ether oxygens (including phenoxy) is 1. The normalized spacial score (nSPS) is 32.0. The van der Waals surface area contributed by atoms with Crippen molar-refractivity contribution in [3.63, 3.8) is 0 Å². The van der Waals surface area contributed by atoms with Crippen LogP contribution in [-0.4, -0.2) is 19.8 Å². The first-order valence-electron chi connectivity index (χ1n) is 8.81. The minimum atomic E-state index is 0.627. The molecular formula is C17H31O4. The fourth-order valence-corrected chi connectivity index (χ4v) is 3.44. The third kappa shape index (κ3) is 7.59. The maximum Gasteiger partial charge on any atom is 0.0856 e. The van der Waals surface area contributed by atoms with Crippen LogP contribution in [0.1, 0.15) is 70.6 Å². The lowest BCUT2D eigenvalue weighted by atomic mass is 9.80. The third-order valence-electron chi connectivity index (χ3n) is 4.74. The Morgan fingerprint density at radius 3 is 2.33 bits per heavy atom. The van der Waals surface area contributed by atoms with Crippen molar-refractivity contribution in [3.05, 3.63) is 6.61 Å². The summed E-state index contributed by atoms with van der Waals surface area (Å²) < 4.78 is 5.70. The molecule has 0 aromatic rings. The number of hydrogen-bond donors (Lipinski definition) is 0. The largest absolute Gasteiger partial charge is 0.376 e. The molecule has 2 atom stereocenters. The highest BCUT2D eigenvalue weighted by atomic mass is 17.5. The molecule has 2 fully saturated rings. The predicted molar refractivity (Wildman–Crippen MR) is 81.0 cm³/mol. The molecule has 4 heteroatoms. The highest BCUT2D eigenvalue weighted by Crippen LogP contribution is 2.31. The molecule has 0 N–H and O–H groups in total. The summed E-state index contributed by atoms with van der Waals surface area (Å²) in [6.07, 6.45) is 13.7. The molecule has 2 heterocycles. The van der Waals surface area contributed by atoms with E-state index in [0.717, 1.165) is 25.9 Å². The SMILES string of the molecule is [CH]1CC(C2CCCOOOCC2)CCCCCCCCO1. The monoisotopic (exact) mass is 299 g/mol. The Morgan fingerprint density at radius 2 is 1.38 bits per heavy atom. The van der Waals surface area contributed by atoms with Crippen LogP contribution >= 0.6 is 0 Å². The molecule has 0 aromatic heterocycles. The van der Waals surface area contributed by atoms with Crippen LogP contribution in [0.4, 0.5) is 0 Å². The summed E-state index contributed by atoms with van der Waals surface area (Å²) in [5, 5.41) is 4.67. The Labute approximate surface area is 129 Å². The molecule has 0 amide bonds. The average molecular weight is 299 g/mol. The van der Waals surface area contributed by atoms with E-state index in [1.54, 1.807) is 0 Å². The Balaban J connectivity index is 1.81. The zero-order valence-corrected chi connectivity index (χ0v) is 13.3. The molecule has 4 nitrogen and oxygen atoms in total. The average Bonchev–Trinajstić information content (AvgIpc) is 2.62. The maximum atomic E-state index is 5.70. The second kappa shape index (κ2) is 11.4. The van der Waals surface area contributed by atoms with Crippen LogP contribution in [0.2, 0.25) is 0 Å². The summed E-state index contributed by atoms with van der Waals surface area (Å²) >= 11 is 0. The van der Waals surface area contributed by atoms with Crippen molar-refractivity contribution in [1.29, 1.82) is 0 Å². The van der Waals surface area contributed by atoms with E-state index in [1.165, 1.54) is 51.4 Å². The van der Waals surface area contributed by atoms with Gasteiger partial charge in [-0.05, 0) is 43.9 Å². The van der Waals surface area contributed by atoms with Gasteiger partial charge in [-0.25, -0.2) is 9.78 Å². The Bertz CT molecular complexity index is 225. The third-order valence-corrected chi connectivity index (χ3v) is 4.74. The van der Waals surface area contributed by atoms with E-state index >= 15 is 0 Å². The summed E-state index contributed by atoms with van der Waals surface area (Å²) in [7, 11) is 0. The van der Waals surface area contributed by atoms with Crippen LogP contribution in [0, 0.1) is 18.4 Å². The van der Waals surface area contributed by atoms with Crippen molar-refractivity contribution < 1.29 is 19.6 Å². The van der Waals surface area contributed by atoms with Gasteiger partial charge in [-0.15, -0.1) is 0 Å². The second-order valence-electron chi connectivity index (χ2n) is 6.35. The smallest absolute Gasteiger partial charge is 0.0856 e. The van der Waals surface area contributed by atoms with Crippen LogP contribution in [0.25, 0.3) is 0 Å². The van der Waals surface area contributed by atoms with Crippen molar-refractivity contribution in [2.75, 3.05) is 19.8 Å². The fourth-order valence-electron chi connectivity index (χ4n) is 3.44. The number of hydrogen-bond acceptors (Lipinski definition) is 4. The van der Waals surface area contributed by atoms with Crippen molar-refractivity contribution >= 4 is 0 Å². The fraction of sp³-hybridized carbons (Fsp3) is 0.941. The van der Waals surface area contributed by atoms with E-state index in [0.29, 0.717) is 25.0 Å². The zero-order chi connectivity index (χ0) is 14.6. The van der Waals surface area contributed by atoms with E-state index in [9.17, 15) is 0 Å². The summed E-state index contributed by atoms with van der Waals surface area (Å²) in [5.74, 6) is 1.41. The quantitative estimate of drug-likeness (QED) is 0.663. The highest BCUT2D eigenvalue weighted by molar-refractivity contribution is 4.74. The first-order chi connectivity index (χ1) is 10.5. The van der Waals surface area contributed by atoms with Gasteiger partial charge >= 0.3 is 0 Å². The van der Waals surface area contributed by atoms with E-state index < -0.39 is 0 Å². The predicted octanol–water partition coefficient (Wildman–Crippen LogP) is 4.60. The summed E-state index contributed by atoms with van der Waals surface area (Å²) in [6, 6.07) is 0. The van der Waals surface area contributed by atoms with E-state index in [-0.39, 0.29) is 0 Å². The van der Waals surface area contributed by atoms with Crippen LogP contribution in [-0.2, 0) is 19.6 Å². The minimum absolute atomic E-state index is 0.627. The summed E-state index contributed by atoms with van der Waals surface area (Å²) in [6.45, 7) is 4.21. The first kappa shape index (κ1) is 17.2. The molecule has 0 aromatic carbocycles. The van der Waals surface area contributed by atoms with Crippen LogP contribution in [0.15, 0.2) is 0 Å². The number of rotatable bonds is 1. The Morgan fingerprint density at radius 1 is 0.619 bits per heavy atom. The topological polar surface area (TPSA) is 36.9 Å². The van der Waals surface area contributed by atoms with Gasteiger partial charge in [0, 0.05) is 6.61 Å². The molecule has 2 unspecified atom stereocenters. The standard InChI is InChI=1S/C17H31O4/c1-2-4-6-12-18-14-10-16(8-5-3-1)17-9-7-13-19-21-20-15-11-17/h14,16-17H,1-13,15H2. The van der Waals surface area contributed by atoms with Gasteiger partial charge < -0.3 is 4.74 Å². The van der Waals surface area contributed by atoms with Gasteiger partial charge in [-0.3, -0.25) is 0 Å². The van der Waals surface area contributed by atoms with Crippen molar-refractivity contribution in [2.45, 2.75) is 70.6 Å². The van der Waals surface area contributed by atoms with E-state index in [4.69, 9.17) is 14.5 Å². The highest BCUT2D eigenvalue weighted by Gasteiger charge is 2.22. The van der Waals surface area contributed by atoms with Crippen molar-refractivity contribution in [1.82, 2.24) is 0 Å². The molecule has 1 radical (unpaired) electrons. The molecule has 0 aliphatic carbocycles. The van der Waals surface area contributed by atoms with Crippen molar-refractivity contribution in [2.24, 2.45) is 11.8 Å². The van der Waals surface area contributed by atoms with Crippen molar-refractivity contribution in [3.8, 4) is 0 Å². The lowest BCUT2D eigenvalue weighted by Crippen LogP contribution is -2.18. The first-order valence-corrected chi connectivity index (χ1v) is 8.81. The lowest BCUT2D eigenvalue weighted by molar-refractivity contribution is -0.511. The summed E-state index contributed by atoms with van der Waals surface area (Å²) in [5.41, 5.74) is 0. The minimum Gasteiger partial charge on any atom is -0.376 e. The van der Waals surface area contributed by atoms with Gasteiger partial charge in [-0.1, -0.05) is 43.6 Å².